The summed E-state index contributed by atoms with van der Waals surface area (Å²) in [6, 6.07) is 26.2. The minimum Gasteiger partial charge on any atom is -0.497 e. The van der Waals surface area contributed by atoms with Crippen LogP contribution in [0, 0.1) is 0 Å². The zero-order valence-corrected chi connectivity index (χ0v) is 21.8. The van der Waals surface area contributed by atoms with Gasteiger partial charge in [-0.15, -0.1) is 0 Å². The van der Waals surface area contributed by atoms with Gasteiger partial charge in [-0.2, -0.15) is 0 Å². The Bertz CT molecular complexity index is 1510. The lowest BCUT2D eigenvalue weighted by atomic mass is 10.00. The van der Waals surface area contributed by atoms with Gasteiger partial charge in [-0.25, -0.2) is 15.0 Å². The predicted molar refractivity (Wildman–Crippen MR) is 150 cm³/mol. The van der Waals surface area contributed by atoms with E-state index in [4.69, 9.17) is 21.3 Å². The number of benzene rings is 3. The van der Waals surface area contributed by atoms with Crippen molar-refractivity contribution in [2.45, 2.75) is 12.7 Å². The number of amides is 2. The second-order valence-electron chi connectivity index (χ2n) is 8.68. The van der Waals surface area contributed by atoms with Crippen molar-refractivity contribution in [3.05, 3.63) is 113 Å². The molecule has 0 spiro atoms. The first-order valence-corrected chi connectivity index (χ1v) is 12.6. The second-order valence-corrected chi connectivity index (χ2v) is 9.07. The molecule has 9 nitrogen and oxygen atoms in total. The van der Waals surface area contributed by atoms with Crippen LogP contribution in [0.4, 0.5) is 11.5 Å². The number of para-hydroxylation sites is 1. The molecule has 1 aliphatic heterocycles. The predicted octanol–water partition coefficient (Wildman–Crippen LogP) is 4.08. The molecule has 2 amide bonds. The highest BCUT2D eigenvalue weighted by Gasteiger charge is 2.33. The number of carbonyl (C=O) groups is 2. The maximum atomic E-state index is 14.0. The molecule has 39 heavy (non-hydrogen) atoms. The molecule has 0 bridgehead atoms. The molecule has 4 aromatic rings. The van der Waals surface area contributed by atoms with Crippen molar-refractivity contribution in [2.75, 3.05) is 23.9 Å². The molecule has 2 N–H and O–H groups in total. The third-order valence-corrected chi connectivity index (χ3v) is 6.32. The molecule has 196 valence electrons. The van der Waals surface area contributed by atoms with Crippen LogP contribution in [0.1, 0.15) is 16.7 Å². The average molecular weight is 541 g/mol. The zero-order valence-electron chi connectivity index (χ0n) is 21.0. The fourth-order valence-corrected chi connectivity index (χ4v) is 4.38. The molecule has 0 unspecified atom stereocenters. The van der Waals surface area contributed by atoms with Crippen molar-refractivity contribution >= 4 is 40.6 Å². The number of anilines is 2. The Hall–Kier alpha value is -4.76. The van der Waals surface area contributed by atoms with Crippen LogP contribution in [-0.4, -0.2) is 47.3 Å². The van der Waals surface area contributed by atoms with Crippen molar-refractivity contribution < 1.29 is 14.3 Å². The number of fused-ring (bicyclic) bond motifs is 1. The fourth-order valence-electron chi connectivity index (χ4n) is 4.23. The van der Waals surface area contributed by atoms with Gasteiger partial charge in [0.1, 0.15) is 23.0 Å². The van der Waals surface area contributed by atoms with Crippen molar-refractivity contribution in [1.82, 2.24) is 15.3 Å². The van der Waals surface area contributed by atoms with Crippen LogP contribution >= 0.6 is 11.6 Å². The van der Waals surface area contributed by atoms with E-state index in [-0.39, 0.29) is 24.1 Å². The van der Waals surface area contributed by atoms with Gasteiger partial charge in [-0.3, -0.25) is 9.59 Å². The second kappa shape index (κ2) is 11.7. The van der Waals surface area contributed by atoms with Gasteiger partial charge in [-0.1, -0.05) is 72.3 Å². The number of nitrogens with one attached hydrogen (secondary N) is 2. The molecule has 10 heteroatoms. The number of ether oxygens (including phenoxy) is 1. The molecule has 0 fully saturated rings. The molecule has 0 aliphatic carbocycles. The highest BCUT2D eigenvalue weighted by molar-refractivity contribution is 6.29. The lowest BCUT2D eigenvalue weighted by molar-refractivity contribution is -0.126. The molecule has 1 aromatic heterocycles. The Morgan fingerprint density at radius 1 is 1.00 bits per heavy atom. The highest BCUT2D eigenvalue weighted by atomic mass is 35.5. The van der Waals surface area contributed by atoms with E-state index in [9.17, 15) is 9.59 Å². The Kier molecular flexibility index (Phi) is 7.79. The van der Waals surface area contributed by atoms with E-state index < -0.39 is 12.1 Å². The van der Waals surface area contributed by atoms with Crippen LogP contribution in [0.5, 0.6) is 5.75 Å². The van der Waals surface area contributed by atoms with Gasteiger partial charge in [0.05, 0.1) is 31.6 Å². The van der Waals surface area contributed by atoms with E-state index in [0.717, 1.165) is 22.4 Å². The molecule has 1 atom stereocenters. The number of carbonyl (C=O) groups excluding carboxylic acids is 2. The number of rotatable bonds is 8. The van der Waals surface area contributed by atoms with Crippen LogP contribution in [0.15, 0.2) is 96.2 Å². The molecule has 5 rings (SSSR count). The standard InChI is InChI=1S/C29H25ClN6O3/c1-39-21-13-11-19(12-14-21)17-36-23-10-6-5-9-22(23)27(20-7-3-2-4-8-20)35-28(29(36)38)34-26(37)16-31-25-15-24(30)32-18-33-25/h2-15,18,28H,16-17H2,1H3,(H,34,37)(H,31,32,33)/t28-/m0/s1. The third kappa shape index (κ3) is 6.05. The van der Waals surface area contributed by atoms with Crippen molar-refractivity contribution in [2.24, 2.45) is 4.99 Å². The van der Waals surface area contributed by atoms with E-state index in [1.165, 1.54) is 12.4 Å². The first-order valence-electron chi connectivity index (χ1n) is 12.2. The monoisotopic (exact) mass is 540 g/mol. The summed E-state index contributed by atoms with van der Waals surface area (Å²) in [5, 5.41) is 5.93. The summed E-state index contributed by atoms with van der Waals surface area (Å²) >= 11 is 5.90. The summed E-state index contributed by atoms with van der Waals surface area (Å²) < 4.78 is 5.27. The lowest BCUT2D eigenvalue weighted by Crippen LogP contribution is -2.48. The summed E-state index contributed by atoms with van der Waals surface area (Å²) in [6.45, 7) is 0.139. The van der Waals surface area contributed by atoms with Crippen LogP contribution in [-0.2, 0) is 16.1 Å². The topological polar surface area (TPSA) is 109 Å². The van der Waals surface area contributed by atoms with Gasteiger partial charge < -0.3 is 20.3 Å². The maximum Gasteiger partial charge on any atom is 0.272 e. The molecular weight excluding hydrogens is 516 g/mol. The first-order chi connectivity index (χ1) is 19.0. The Morgan fingerprint density at radius 3 is 2.49 bits per heavy atom. The van der Waals surface area contributed by atoms with Crippen molar-refractivity contribution in [3.8, 4) is 5.75 Å². The molecule has 0 radical (unpaired) electrons. The first kappa shape index (κ1) is 25.9. The highest BCUT2D eigenvalue weighted by Crippen LogP contribution is 2.30. The van der Waals surface area contributed by atoms with Gasteiger partial charge >= 0.3 is 0 Å². The summed E-state index contributed by atoms with van der Waals surface area (Å²) in [7, 11) is 1.60. The molecule has 0 saturated carbocycles. The van der Waals surface area contributed by atoms with E-state index in [0.29, 0.717) is 17.2 Å². The zero-order chi connectivity index (χ0) is 27.2. The van der Waals surface area contributed by atoms with Gasteiger partial charge in [0.25, 0.3) is 5.91 Å². The average Bonchev–Trinajstić information content (AvgIpc) is 3.08. The van der Waals surface area contributed by atoms with E-state index in [2.05, 4.69) is 20.6 Å². The number of benzodiazepines with no additional fused rings is 1. The number of hydrogen-bond acceptors (Lipinski definition) is 7. The minimum atomic E-state index is -1.16. The summed E-state index contributed by atoms with van der Waals surface area (Å²) in [6.07, 6.45) is 0.136. The van der Waals surface area contributed by atoms with Crippen LogP contribution in [0.3, 0.4) is 0 Å². The van der Waals surface area contributed by atoms with Gasteiger partial charge in [0.15, 0.2) is 0 Å². The van der Waals surface area contributed by atoms with Crippen LogP contribution in [0.25, 0.3) is 0 Å². The van der Waals surface area contributed by atoms with Crippen LogP contribution < -0.4 is 20.3 Å². The largest absolute Gasteiger partial charge is 0.497 e. The molecule has 0 saturated heterocycles. The summed E-state index contributed by atoms with van der Waals surface area (Å²) in [5.41, 5.74) is 3.83. The fraction of sp³-hybridized carbons (Fsp3) is 0.138. The van der Waals surface area contributed by atoms with E-state index >= 15 is 0 Å². The maximum absolute atomic E-state index is 14.0. The Morgan fingerprint density at radius 2 is 1.74 bits per heavy atom. The number of hydrogen-bond donors (Lipinski definition) is 2. The third-order valence-electron chi connectivity index (χ3n) is 6.12. The SMILES string of the molecule is COc1ccc(CN2C(=O)[C@@H](NC(=O)CNc3cc(Cl)ncn3)N=C(c3ccccc3)c3ccccc32)cc1. The molecule has 2 heterocycles. The number of methoxy groups -OCH3 is 1. The molecule has 1 aliphatic rings. The molecular formula is C29H25ClN6O3. The molecule has 3 aromatic carbocycles. The van der Waals surface area contributed by atoms with Gasteiger partial charge in [-0.05, 0) is 23.8 Å². The smallest absolute Gasteiger partial charge is 0.272 e. The summed E-state index contributed by atoms with van der Waals surface area (Å²) in [4.78, 5) is 41.3. The number of aliphatic imine (C=N–C) groups is 1. The van der Waals surface area contributed by atoms with Crippen molar-refractivity contribution in [1.29, 1.82) is 0 Å². The van der Waals surface area contributed by atoms with E-state index in [1.54, 1.807) is 12.0 Å². The van der Waals surface area contributed by atoms with Gasteiger partial charge in [0, 0.05) is 17.2 Å². The lowest BCUT2D eigenvalue weighted by Gasteiger charge is -2.25. The normalized spacial score (nSPS) is 14.6. The number of aromatic nitrogens is 2. The number of nitrogens with zero attached hydrogens (tertiary/aromatic N) is 4. The summed E-state index contributed by atoms with van der Waals surface area (Å²) in [5.74, 6) is 0.315. The Labute approximate surface area is 230 Å². The van der Waals surface area contributed by atoms with Gasteiger partial charge in [0.2, 0.25) is 12.1 Å². The Balaban J connectivity index is 1.48. The van der Waals surface area contributed by atoms with E-state index in [1.807, 2.05) is 78.9 Å². The van der Waals surface area contributed by atoms with Crippen LogP contribution in [0.2, 0.25) is 5.15 Å². The number of halogens is 1. The van der Waals surface area contributed by atoms with Crippen molar-refractivity contribution in [3.63, 3.8) is 0 Å². The minimum absolute atomic E-state index is 0.140. The quantitative estimate of drug-likeness (QED) is 0.326.